The first-order valence-corrected chi connectivity index (χ1v) is 5.56. The quantitative estimate of drug-likeness (QED) is 0.780. The zero-order valence-corrected chi connectivity index (χ0v) is 10.2. The van der Waals surface area contributed by atoms with Gasteiger partial charge in [0.15, 0.2) is 17.4 Å². The van der Waals surface area contributed by atoms with Gasteiger partial charge in [-0.15, -0.1) is 0 Å². The molecule has 2 rings (SSSR count). The molecule has 0 radical (unpaired) electrons. The number of aromatic nitrogens is 2. The van der Waals surface area contributed by atoms with Crippen LogP contribution in [-0.4, -0.2) is 22.4 Å². The molecule has 5 heteroatoms. The van der Waals surface area contributed by atoms with Gasteiger partial charge in [-0.3, -0.25) is 4.79 Å². The molecule has 94 valence electrons. The molecule has 0 spiro atoms. The van der Waals surface area contributed by atoms with Gasteiger partial charge in [0.1, 0.15) is 0 Å². The minimum absolute atomic E-state index is 0.0513. The zero-order chi connectivity index (χ0) is 13.1. The Morgan fingerprint density at radius 2 is 2.28 bits per heavy atom. The maximum Gasteiger partial charge on any atom is 0.228 e. The van der Waals surface area contributed by atoms with Crippen LogP contribution in [-0.2, 0) is 6.54 Å². The van der Waals surface area contributed by atoms with Gasteiger partial charge in [0.25, 0.3) is 0 Å². The van der Waals surface area contributed by atoms with E-state index in [2.05, 4.69) is 4.98 Å². The van der Waals surface area contributed by atoms with Crippen LogP contribution >= 0.6 is 0 Å². The number of hydrogen-bond donors (Lipinski definition) is 0. The van der Waals surface area contributed by atoms with E-state index in [1.54, 1.807) is 17.0 Å². The fraction of sp³-hybridized carbons (Fsp3) is 0.231. The maximum atomic E-state index is 13.3. The van der Waals surface area contributed by atoms with E-state index in [-0.39, 0.29) is 11.5 Å². The number of hydrogen-bond acceptors (Lipinski definition) is 3. The highest BCUT2D eigenvalue weighted by Crippen LogP contribution is 2.20. The lowest BCUT2D eigenvalue weighted by Crippen LogP contribution is -2.10. The second kappa shape index (κ2) is 5.00. The van der Waals surface area contributed by atoms with Crippen LogP contribution in [0.2, 0.25) is 0 Å². The number of rotatable bonds is 4. The Labute approximate surface area is 104 Å². The van der Waals surface area contributed by atoms with Gasteiger partial charge in [0, 0.05) is 24.5 Å². The van der Waals surface area contributed by atoms with Crippen molar-refractivity contribution in [2.75, 3.05) is 7.11 Å². The highest BCUT2D eigenvalue weighted by Gasteiger charge is 2.16. The summed E-state index contributed by atoms with van der Waals surface area (Å²) in [6.07, 6.45) is 3.30. The minimum Gasteiger partial charge on any atom is -0.494 e. The summed E-state index contributed by atoms with van der Waals surface area (Å²) < 4.78 is 19.9. The van der Waals surface area contributed by atoms with Crippen LogP contribution in [0.4, 0.5) is 4.39 Å². The number of carbonyl (C=O) groups excluding carboxylic acids is 1. The summed E-state index contributed by atoms with van der Waals surface area (Å²) in [6.45, 7) is 2.57. The molecule has 0 saturated heterocycles. The molecule has 0 aliphatic carbocycles. The fourth-order valence-corrected chi connectivity index (χ4v) is 1.70. The predicted octanol–water partition coefficient (Wildman–Crippen LogP) is 2.28. The first-order valence-electron chi connectivity index (χ1n) is 5.56. The summed E-state index contributed by atoms with van der Waals surface area (Å²) in [5, 5.41) is 0. The zero-order valence-electron chi connectivity index (χ0n) is 10.2. The first kappa shape index (κ1) is 12.3. The molecule has 0 amide bonds. The van der Waals surface area contributed by atoms with Crippen LogP contribution in [0.5, 0.6) is 5.75 Å². The summed E-state index contributed by atoms with van der Waals surface area (Å²) in [5.74, 6) is -0.352. The molecule has 0 aliphatic heterocycles. The lowest BCUT2D eigenvalue weighted by atomic mass is 10.1. The van der Waals surface area contributed by atoms with E-state index in [4.69, 9.17) is 4.74 Å². The van der Waals surface area contributed by atoms with Crippen LogP contribution in [0.25, 0.3) is 0 Å². The van der Waals surface area contributed by atoms with E-state index in [0.29, 0.717) is 17.9 Å². The van der Waals surface area contributed by atoms with Gasteiger partial charge in [0.05, 0.1) is 7.11 Å². The van der Waals surface area contributed by atoms with Crippen LogP contribution in [0.1, 0.15) is 23.1 Å². The lowest BCUT2D eigenvalue weighted by Gasteiger charge is -2.06. The van der Waals surface area contributed by atoms with Crippen molar-refractivity contribution in [3.8, 4) is 5.75 Å². The second-order valence-electron chi connectivity index (χ2n) is 3.72. The number of benzene rings is 1. The van der Waals surface area contributed by atoms with Gasteiger partial charge in [0.2, 0.25) is 5.78 Å². The minimum atomic E-state index is -0.493. The Bertz CT molecular complexity index is 578. The van der Waals surface area contributed by atoms with Crippen molar-refractivity contribution >= 4 is 5.78 Å². The molecule has 0 saturated carbocycles. The number of halogens is 1. The molecule has 0 bridgehead atoms. The third kappa shape index (κ3) is 2.11. The Morgan fingerprint density at radius 3 is 2.94 bits per heavy atom. The molecule has 4 nitrogen and oxygen atoms in total. The maximum absolute atomic E-state index is 13.3. The Hall–Kier alpha value is -2.17. The molecule has 1 heterocycles. The van der Waals surface area contributed by atoms with E-state index in [0.717, 1.165) is 0 Å². The van der Waals surface area contributed by atoms with Crippen molar-refractivity contribution in [1.82, 2.24) is 9.55 Å². The number of aryl methyl sites for hydroxylation is 1. The molecule has 2 aromatic rings. The van der Waals surface area contributed by atoms with Gasteiger partial charge in [-0.2, -0.15) is 0 Å². The number of methoxy groups -OCH3 is 1. The Kier molecular flexibility index (Phi) is 3.41. The molecule has 0 aliphatic rings. The molecule has 0 atom stereocenters. The smallest absolute Gasteiger partial charge is 0.228 e. The third-order valence-corrected chi connectivity index (χ3v) is 2.67. The standard InChI is InChI=1S/C13H13FN2O2/c1-3-16-7-6-15-13(16)12(17)9-4-5-10(14)11(8-9)18-2/h4-8H,3H2,1-2H3. The molecular weight excluding hydrogens is 235 g/mol. The van der Waals surface area contributed by atoms with Crippen molar-refractivity contribution in [3.05, 3.63) is 47.8 Å². The Balaban J connectivity index is 2.40. The van der Waals surface area contributed by atoms with E-state index < -0.39 is 5.82 Å². The van der Waals surface area contributed by atoms with E-state index >= 15 is 0 Å². The number of nitrogens with zero attached hydrogens (tertiary/aromatic N) is 2. The summed E-state index contributed by atoms with van der Waals surface area (Å²) >= 11 is 0. The average molecular weight is 248 g/mol. The average Bonchev–Trinajstić information content (AvgIpc) is 2.86. The number of ether oxygens (including phenoxy) is 1. The molecule has 1 aromatic carbocycles. The topological polar surface area (TPSA) is 44.1 Å². The monoisotopic (exact) mass is 248 g/mol. The number of carbonyl (C=O) groups is 1. The summed E-state index contributed by atoms with van der Waals surface area (Å²) in [5.41, 5.74) is 0.356. The van der Waals surface area contributed by atoms with Crippen molar-refractivity contribution in [2.24, 2.45) is 0 Å². The lowest BCUT2D eigenvalue weighted by molar-refractivity contribution is 0.102. The Morgan fingerprint density at radius 1 is 1.50 bits per heavy atom. The molecule has 1 aromatic heterocycles. The fourth-order valence-electron chi connectivity index (χ4n) is 1.70. The molecule has 0 fully saturated rings. The van der Waals surface area contributed by atoms with Crippen molar-refractivity contribution in [1.29, 1.82) is 0 Å². The van der Waals surface area contributed by atoms with E-state index in [1.807, 2.05) is 6.92 Å². The van der Waals surface area contributed by atoms with E-state index in [1.165, 1.54) is 25.3 Å². The molecule has 18 heavy (non-hydrogen) atoms. The largest absolute Gasteiger partial charge is 0.494 e. The summed E-state index contributed by atoms with van der Waals surface area (Å²) in [4.78, 5) is 16.2. The van der Waals surface area contributed by atoms with Crippen molar-refractivity contribution < 1.29 is 13.9 Å². The van der Waals surface area contributed by atoms with Crippen molar-refractivity contribution in [3.63, 3.8) is 0 Å². The predicted molar refractivity (Wildman–Crippen MR) is 64.3 cm³/mol. The van der Waals surface area contributed by atoms with Gasteiger partial charge >= 0.3 is 0 Å². The van der Waals surface area contributed by atoms with Gasteiger partial charge in [-0.05, 0) is 25.1 Å². The van der Waals surface area contributed by atoms with Crippen LogP contribution < -0.4 is 4.74 Å². The summed E-state index contributed by atoms with van der Waals surface area (Å²) in [6, 6.07) is 4.02. The van der Waals surface area contributed by atoms with Gasteiger partial charge in [-0.25, -0.2) is 9.37 Å². The first-order chi connectivity index (χ1) is 8.67. The van der Waals surface area contributed by atoms with Crippen LogP contribution in [0.15, 0.2) is 30.6 Å². The van der Waals surface area contributed by atoms with Crippen LogP contribution in [0, 0.1) is 5.82 Å². The van der Waals surface area contributed by atoms with Gasteiger partial charge < -0.3 is 9.30 Å². The normalized spacial score (nSPS) is 10.4. The highest BCUT2D eigenvalue weighted by atomic mass is 19.1. The van der Waals surface area contributed by atoms with Gasteiger partial charge in [-0.1, -0.05) is 0 Å². The molecule has 0 unspecified atom stereocenters. The van der Waals surface area contributed by atoms with Crippen molar-refractivity contribution in [2.45, 2.75) is 13.5 Å². The molecular formula is C13H13FN2O2. The molecule has 0 N–H and O–H groups in total. The third-order valence-electron chi connectivity index (χ3n) is 2.67. The highest BCUT2D eigenvalue weighted by molar-refractivity contribution is 6.06. The second-order valence-corrected chi connectivity index (χ2v) is 3.72. The van der Waals surface area contributed by atoms with Crippen LogP contribution in [0.3, 0.4) is 0 Å². The van der Waals surface area contributed by atoms with E-state index in [9.17, 15) is 9.18 Å². The number of ketones is 1. The summed E-state index contributed by atoms with van der Waals surface area (Å²) in [7, 11) is 1.36. The number of imidazole rings is 1. The SMILES string of the molecule is CCn1ccnc1C(=O)c1ccc(F)c(OC)c1.